The van der Waals surface area contributed by atoms with Crippen LogP contribution >= 0.6 is 23.8 Å². The van der Waals surface area contributed by atoms with Crippen molar-refractivity contribution in [3.63, 3.8) is 0 Å². The molecule has 2 N–H and O–H groups in total. The number of hydrogen-bond donors (Lipinski definition) is 2. The van der Waals surface area contributed by atoms with E-state index in [4.69, 9.17) is 33.3 Å². The molecule has 0 aliphatic carbocycles. The van der Waals surface area contributed by atoms with Crippen LogP contribution in [0.1, 0.15) is 37.8 Å². The summed E-state index contributed by atoms with van der Waals surface area (Å²) in [5, 5.41) is 6.73. The first-order chi connectivity index (χ1) is 14.7. The van der Waals surface area contributed by atoms with Crippen molar-refractivity contribution in [3.8, 4) is 11.5 Å². The minimum absolute atomic E-state index is 0.0172. The van der Waals surface area contributed by atoms with Gasteiger partial charge in [0.2, 0.25) is 0 Å². The van der Waals surface area contributed by atoms with E-state index < -0.39 is 11.7 Å². The van der Waals surface area contributed by atoms with Crippen molar-refractivity contribution >= 4 is 40.8 Å². The van der Waals surface area contributed by atoms with Crippen molar-refractivity contribution in [2.45, 2.75) is 32.9 Å². The van der Waals surface area contributed by atoms with Crippen molar-refractivity contribution in [2.75, 3.05) is 18.5 Å². The zero-order valence-electron chi connectivity index (χ0n) is 17.1. The fourth-order valence-corrected chi connectivity index (χ4v) is 2.70. The second-order valence-electron chi connectivity index (χ2n) is 6.41. The summed E-state index contributed by atoms with van der Waals surface area (Å²) in [5.41, 5.74) is 2.43. The summed E-state index contributed by atoms with van der Waals surface area (Å²) in [6, 6.07) is 8.31. The molecule has 0 atom stereocenters. The normalized spacial score (nSPS) is 11.4. The molecule has 0 radical (unpaired) electrons. The summed E-state index contributed by atoms with van der Waals surface area (Å²) in [5.74, 6) is 1.29. The molecule has 0 fully saturated rings. The largest absolute Gasteiger partial charge is 0.493 e. The van der Waals surface area contributed by atoms with Crippen molar-refractivity contribution in [1.82, 2.24) is 5.43 Å². The molecule has 31 heavy (non-hydrogen) atoms. The Morgan fingerprint density at radius 3 is 2.48 bits per heavy atom. The van der Waals surface area contributed by atoms with Crippen molar-refractivity contribution in [3.05, 3.63) is 52.5 Å². The zero-order valence-corrected chi connectivity index (χ0v) is 18.6. The number of alkyl halides is 3. The monoisotopic (exact) mass is 473 g/mol. The van der Waals surface area contributed by atoms with Crippen LogP contribution in [0.3, 0.4) is 0 Å². The minimum Gasteiger partial charge on any atom is -0.493 e. The Morgan fingerprint density at radius 1 is 1.10 bits per heavy atom. The Hall–Kier alpha value is -2.52. The molecule has 2 aromatic carbocycles. The third kappa shape index (κ3) is 7.91. The lowest BCUT2D eigenvalue weighted by Crippen LogP contribution is -2.24. The molecular formula is C21H23ClF3N3O2S. The molecule has 0 amide bonds. The number of thiocarbonyl (C=S) groups is 1. The predicted molar refractivity (Wildman–Crippen MR) is 121 cm³/mol. The number of halogens is 4. The lowest BCUT2D eigenvalue weighted by molar-refractivity contribution is -0.137. The number of anilines is 1. The Balaban J connectivity index is 2.07. The topological polar surface area (TPSA) is 54.9 Å². The van der Waals surface area contributed by atoms with Gasteiger partial charge in [-0.15, -0.1) is 0 Å². The maximum absolute atomic E-state index is 12.9. The fourth-order valence-electron chi connectivity index (χ4n) is 2.38. The van der Waals surface area contributed by atoms with E-state index in [2.05, 4.69) is 15.8 Å². The number of nitrogens with one attached hydrogen (secondary N) is 2. The molecule has 10 heteroatoms. The van der Waals surface area contributed by atoms with E-state index in [1.807, 2.05) is 13.8 Å². The molecule has 0 saturated carbocycles. The van der Waals surface area contributed by atoms with Crippen LogP contribution in [0, 0.1) is 0 Å². The molecule has 0 aliphatic rings. The molecule has 0 aromatic heterocycles. The van der Waals surface area contributed by atoms with Crippen LogP contribution in [0.15, 0.2) is 41.5 Å². The van der Waals surface area contributed by atoms with Crippen molar-refractivity contribution in [2.24, 2.45) is 5.10 Å². The molecule has 0 bridgehead atoms. The Labute approximate surface area is 189 Å². The van der Waals surface area contributed by atoms with Crippen molar-refractivity contribution < 1.29 is 22.6 Å². The zero-order chi connectivity index (χ0) is 22.9. The number of ether oxygens (including phenoxy) is 2. The van der Waals surface area contributed by atoms with Crippen LogP contribution in [0.25, 0.3) is 0 Å². The SMILES string of the molecule is CCCOc1ccc(/C=N/NC(=S)Nc2cc(C(F)(F)F)ccc2Cl)c(OCCC)c1. The summed E-state index contributed by atoms with van der Waals surface area (Å²) in [6.45, 7) is 5.14. The van der Waals surface area contributed by atoms with Gasteiger partial charge in [-0.25, -0.2) is 0 Å². The average Bonchev–Trinajstić information content (AvgIpc) is 2.72. The van der Waals surface area contributed by atoms with Gasteiger partial charge < -0.3 is 14.8 Å². The van der Waals surface area contributed by atoms with Gasteiger partial charge in [-0.05, 0) is 55.4 Å². The number of hydrogen-bond acceptors (Lipinski definition) is 4. The van der Waals surface area contributed by atoms with E-state index >= 15 is 0 Å². The Morgan fingerprint density at radius 2 is 1.81 bits per heavy atom. The highest BCUT2D eigenvalue weighted by Gasteiger charge is 2.31. The molecule has 0 spiro atoms. The fraction of sp³-hybridized carbons (Fsp3) is 0.333. The number of nitrogens with zero attached hydrogens (tertiary/aromatic N) is 1. The molecule has 0 heterocycles. The van der Waals surface area contributed by atoms with Crippen LogP contribution in [-0.2, 0) is 6.18 Å². The highest BCUT2D eigenvalue weighted by molar-refractivity contribution is 7.80. The van der Waals surface area contributed by atoms with Crippen LogP contribution < -0.4 is 20.2 Å². The van der Waals surface area contributed by atoms with Crippen LogP contribution in [0.2, 0.25) is 5.02 Å². The quantitative estimate of drug-likeness (QED) is 0.256. The van der Waals surface area contributed by atoms with Crippen molar-refractivity contribution in [1.29, 1.82) is 0 Å². The van der Waals surface area contributed by atoms with Gasteiger partial charge >= 0.3 is 6.18 Å². The molecule has 5 nitrogen and oxygen atoms in total. The smallest absolute Gasteiger partial charge is 0.416 e. The van der Waals surface area contributed by atoms with Crippen LogP contribution in [-0.4, -0.2) is 24.5 Å². The highest BCUT2D eigenvalue weighted by atomic mass is 35.5. The first-order valence-electron chi connectivity index (χ1n) is 9.61. The molecule has 0 unspecified atom stereocenters. The van der Waals surface area contributed by atoms with Crippen LogP contribution in [0.4, 0.5) is 18.9 Å². The van der Waals surface area contributed by atoms with E-state index in [1.165, 1.54) is 6.21 Å². The van der Waals surface area contributed by atoms with Gasteiger partial charge in [0.15, 0.2) is 5.11 Å². The van der Waals surface area contributed by atoms with Gasteiger partial charge in [-0.1, -0.05) is 25.4 Å². The lowest BCUT2D eigenvalue weighted by Gasteiger charge is -2.13. The summed E-state index contributed by atoms with van der Waals surface area (Å²) >= 11 is 11.0. The third-order valence-electron chi connectivity index (χ3n) is 3.83. The first-order valence-corrected chi connectivity index (χ1v) is 10.4. The summed E-state index contributed by atoms with van der Waals surface area (Å²) in [6.07, 6.45) is -1.27. The van der Waals surface area contributed by atoms with Gasteiger partial charge in [-0.3, -0.25) is 5.43 Å². The Kier molecular flexibility index (Phi) is 9.39. The number of hydrazone groups is 1. The molecule has 0 aliphatic heterocycles. The summed E-state index contributed by atoms with van der Waals surface area (Å²) in [4.78, 5) is 0. The highest BCUT2D eigenvalue weighted by Crippen LogP contribution is 2.33. The predicted octanol–water partition coefficient (Wildman–Crippen LogP) is 6.26. The van der Waals surface area contributed by atoms with Gasteiger partial charge in [0.1, 0.15) is 11.5 Å². The Bertz CT molecular complexity index is 923. The standard InChI is InChI=1S/C21H23ClF3N3O2S/c1-3-9-29-16-7-5-14(19(12-16)30-10-4-2)13-26-28-20(31)27-18-11-15(21(23,24)25)6-8-17(18)22/h5-8,11-13H,3-4,9-10H2,1-2H3,(H2,27,28,31)/b26-13+. The van der Waals surface area contributed by atoms with E-state index in [0.29, 0.717) is 30.3 Å². The molecule has 2 aromatic rings. The molecular weight excluding hydrogens is 451 g/mol. The van der Waals surface area contributed by atoms with Crippen LogP contribution in [0.5, 0.6) is 11.5 Å². The van der Waals surface area contributed by atoms with Gasteiger partial charge in [0, 0.05) is 11.6 Å². The van der Waals surface area contributed by atoms with E-state index in [9.17, 15) is 13.2 Å². The number of rotatable bonds is 9. The molecule has 2 rings (SSSR count). The minimum atomic E-state index is -4.49. The van der Waals surface area contributed by atoms with E-state index in [1.54, 1.807) is 18.2 Å². The second kappa shape index (κ2) is 11.8. The summed E-state index contributed by atoms with van der Waals surface area (Å²) in [7, 11) is 0. The molecule has 0 saturated heterocycles. The van der Waals surface area contributed by atoms with Gasteiger partial charge in [0.05, 0.1) is 35.7 Å². The summed E-state index contributed by atoms with van der Waals surface area (Å²) < 4.78 is 50.0. The van der Waals surface area contributed by atoms with E-state index in [-0.39, 0.29) is 15.8 Å². The molecule has 168 valence electrons. The third-order valence-corrected chi connectivity index (χ3v) is 4.35. The maximum Gasteiger partial charge on any atom is 0.416 e. The average molecular weight is 474 g/mol. The maximum atomic E-state index is 12.9. The number of benzene rings is 2. The second-order valence-corrected chi connectivity index (χ2v) is 7.23. The van der Waals surface area contributed by atoms with Gasteiger partial charge in [0.25, 0.3) is 0 Å². The lowest BCUT2D eigenvalue weighted by atomic mass is 10.2. The van der Waals surface area contributed by atoms with Gasteiger partial charge in [-0.2, -0.15) is 18.3 Å². The first kappa shape index (κ1) is 24.7. The van der Waals surface area contributed by atoms with E-state index in [0.717, 1.165) is 31.0 Å².